The Hall–Kier alpha value is -2.70. The molecular formula is C18H22N2O5. The average Bonchev–Trinajstić information content (AvgIpc) is 2.53. The lowest BCUT2D eigenvalue weighted by molar-refractivity contribution is -0.149. The van der Waals surface area contributed by atoms with E-state index >= 15 is 0 Å². The summed E-state index contributed by atoms with van der Waals surface area (Å²) in [5, 5.41) is 2.47. The maximum atomic E-state index is 12.5. The first-order chi connectivity index (χ1) is 11.7. The number of imide groups is 1. The third kappa shape index (κ3) is 5.14. The van der Waals surface area contributed by atoms with E-state index in [0.29, 0.717) is 5.56 Å². The molecule has 1 aromatic rings. The van der Waals surface area contributed by atoms with Gasteiger partial charge in [-0.2, -0.15) is 0 Å². The third-order valence-corrected chi connectivity index (χ3v) is 3.60. The summed E-state index contributed by atoms with van der Waals surface area (Å²) in [5.41, 5.74) is -0.272. The molecular weight excluding hydrogens is 324 g/mol. The largest absolute Gasteiger partial charge is 0.444 e. The zero-order chi connectivity index (χ0) is 18.6. The van der Waals surface area contributed by atoms with Gasteiger partial charge in [0.2, 0.25) is 5.91 Å². The number of piperidine rings is 1. The number of benzene rings is 1. The third-order valence-electron chi connectivity index (χ3n) is 3.60. The van der Waals surface area contributed by atoms with Gasteiger partial charge in [0.25, 0.3) is 5.91 Å². The Kier molecular flexibility index (Phi) is 5.56. The first-order valence-corrected chi connectivity index (χ1v) is 8.09. The summed E-state index contributed by atoms with van der Waals surface area (Å²) >= 11 is 0. The number of Topliss-reactive ketones (excluding diaryl/α,β-unsaturated/α-hetero) is 1. The first-order valence-electron chi connectivity index (χ1n) is 8.09. The quantitative estimate of drug-likeness (QED) is 0.664. The molecule has 1 saturated heterocycles. The van der Waals surface area contributed by atoms with Gasteiger partial charge in [0.15, 0.2) is 5.78 Å². The minimum absolute atomic E-state index is 0.0777. The highest BCUT2D eigenvalue weighted by atomic mass is 16.6. The van der Waals surface area contributed by atoms with Gasteiger partial charge in [-0.15, -0.1) is 0 Å². The van der Waals surface area contributed by atoms with Crippen LogP contribution in [0.15, 0.2) is 30.3 Å². The Bertz CT molecular complexity index is 678. The number of ketones is 1. The van der Waals surface area contributed by atoms with Gasteiger partial charge in [0, 0.05) is 12.0 Å². The van der Waals surface area contributed by atoms with Crippen molar-refractivity contribution in [3.63, 3.8) is 0 Å². The normalized spacial score (nSPS) is 18.0. The van der Waals surface area contributed by atoms with E-state index in [1.807, 2.05) is 0 Å². The number of alkyl carbamates (subject to hydrolysis) is 1. The number of nitrogens with zero attached hydrogens (tertiary/aromatic N) is 1. The fourth-order valence-corrected chi connectivity index (χ4v) is 2.45. The van der Waals surface area contributed by atoms with Crippen LogP contribution in [0.2, 0.25) is 0 Å². The topological polar surface area (TPSA) is 92.8 Å². The average molecular weight is 346 g/mol. The Balaban J connectivity index is 2.03. The molecule has 0 saturated carbocycles. The molecule has 0 aromatic heterocycles. The van der Waals surface area contributed by atoms with Crippen molar-refractivity contribution in [2.45, 2.75) is 45.3 Å². The van der Waals surface area contributed by atoms with Crippen molar-refractivity contribution >= 4 is 23.7 Å². The number of carbonyl (C=O) groups excluding carboxylic acids is 4. The monoisotopic (exact) mass is 346 g/mol. The number of likely N-dealkylation sites (tertiary alicyclic amines) is 1. The van der Waals surface area contributed by atoms with Crippen LogP contribution in [0.4, 0.5) is 4.79 Å². The fourth-order valence-electron chi connectivity index (χ4n) is 2.45. The number of hydrogen-bond acceptors (Lipinski definition) is 5. The molecule has 2 rings (SSSR count). The summed E-state index contributed by atoms with van der Waals surface area (Å²) in [6.07, 6.45) is -0.462. The maximum Gasteiger partial charge on any atom is 0.408 e. The van der Waals surface area contributed by atoms with E-state index in [1.54, 1.807) is 51.1 Å². The standard InChI is InChI=1S/C18H22N2O5/c1-18(2,3)25-17(24)19-13-9-10-15(22)20(16(13)23)11-14(21)12-7-5-4-6-8-12/h4-8,13H,9-11H2,1-3H3,(H,19,24). The van der Waals surface area contributed by atoms with Crippen LogP contribution in [-0.2, 0) is 14.3 Å². The van der Waals surface area contributed by atoms with E-state index in [4.69, 9.17) is 4.74 Å². The second-order valence-corrected chi connectivity index (χ2v) is 6.84. The molecule has 0 bridgehead atoms. The molecule has 3 amide bonds. The van der Waals surface area contributed by atoms with Gasteiger partial charge in [-0.25, -0.2) is 4.79 Å². The van der Waals surface area contributed by atoms with Crippen LogP contribution in [0.5, 0.6) is 0 Å². The van der Waals surface area contributed by atoms with Crippen LogP contribution in [-0.4, -0.2) is 46.8 Å². The molecule has 1 atom stereocenters. The lowest BCUT2D eigenvalue weighted by Gasteiger charge is -2.31. The molecule has 1 N–H and O–H groups in total. The van der Waals surface area contributed by atoms with Crippen molar-refractivity contribution in [1.29, 1.82) is 0 Å². The molecule has 0 spiro atoms. The van der Waals surface area contributed by atoms with Crippen LogP contribution >= 0.6 is 0 Å². The van der Waals surface area contributed by atoms with E-state index in [1.165, 1.54) is 0 Å². The number of amides is 3. The second-order valence-electron chi connectivity index (χ2n) is 6.84. The van der Waals surface area contributed by atoms with Crippen LogP contribution in [0, 0.1) is 0 Å². The molecule has 7 nitrogen and oxygen atoms in total. The summed E-state index contributed by atoms with van der Waals surface area (Å²) in [7, 11) is 0. The van der Waals surface area contributed by atoms with Crippen molar-refractivity contribution in [2.24, 2.45) is 0 Å². The zero-order valence-electron chi connectivity index (χ0n) is 14.6. The summed E-state index contributed by atoms with van der Waals surface area (Å²) in [6, 6.07) is 7.56. The van der Waals surface area contributed by atoms with Crippen molar-refractivity contribution in [1.82, 2.24) is 10.2 Å². The summed E-state index contributed by atoms with van der Waals surface area (Å²) < 4.78 is 5.13. The number of hydrogen-bond donors (Lipinski definition) is 1. The van der Waals surface area contributed by atoms with E-state index in [-0.39, 0.29) is 25.2 Å². The van der Waals surface area contributed by atoms with Gasteiger partial charge in [0.1, 0.15) is 11.6 Å². The highest BCUT2D eigenvalue weighted by Crippen LogP contribution is 2.16. The summed E-state index contributed by atoms with van der Waals surface area (Å²) in [5.74, 6) is -1.34. The highest BCUT2D eigenvalue weighted by Gasteiger charge is 2.37. The van der Waals surface area contributed by atoms with Crippen molar-refractivity contribution in [3.05, 3.63) is 35.9 Å². The van der Waals surface area contributed by atoms with E-state index in [2.05, 4.69) is 5.32 Å². The van der Waals surface area contributed by atoms with Gasteiger partial charge < -0.3 is 10.1 Å². The van der Waals surface area contributed by atoms with Gasteiger partial charge >= 0.3 is 6.09 Å². The van der Waals surface area contributed by atoms with Crippen LogP contribution in [0.25, 0.3) is 0 Å². The minimum atomic E-state index is -0.879. The van der Waals surface area contributed by atoms with Gasteiger partial charge in [0.05, 0.1) is 6.54 Å². The molecule has 1 aliphatic heterocycles. The van der Waals surface area contributed by atoms with E-state index in [9.17, 15) is 19.2 Å². The van der Waals surface area contributed by atoms with Crippen molar-refractivity contribution in [2.75, 3.05) is 6.54 Å². The number of ether oxygens (including phenoxy) is 1. The molecule has 1 aromatic carbocycles. The van der Waals surface area contributed by atoms with Gasteiger partial charge in [-0.05, 0) is 27.2 Å². The van der Waals surface area contributed by atoms with E-state index < -0.39 is 29.6 Å². The lowest BCUT2D eigenvalue weighted by atomic mass is 10.0. The highest BCUT2D eigenvalue weighted by molar-refractivity contribution is 6.07. The Morgan fingerprint density at radius 3 is 2.44 bits per heavy atom. The van der Waals surface area contributed by atoms with Crippen molar-refractivity contribution < 1.29 is 23.9 Å². The molecule has 0 aliphatic carbocycles. The SMILES string of the molecule is CC(C)(C)OC(=O)NC1CCC(=O)N(CC(=O)c2ccccc2)C1=O. The predicted octanol–water partition coefficient (Wildman–Crippen LogP) is 1.91. The molecule has 1 aliphatic rings. The summed E-state index contributed by atoms with van der Waals surface area (Å²) in [4.78, 5) is 49.5. The van der Waals surface area contributed by atoms with E-state index in [0.717, 1.165) is 4.90 Å². The van der Waals surface area contributed by atoms with Crippen LogP contribution in [0.3, 0.4) is 0 Å². The number of nitrogens with one attached hydrogen (secondary N) is 1. The van der Waals surface area contributed by atoms with Crippen molar-refractivity contribution in [3.8, 4) is 0 Å². The lowest BCUT2D eigenvalue weighted by Crippen LogP contribution is -2.56. The molecule has 1 unspecified atom stereocenters. The predicted molar refractivity (Wildman–Crippen MR) is 89.9 cm³/mol. The van der Waals surface area contributed by atoms with Gasteiger partial charge in [-0.3, -0.25) is 19.3 Å². The molecule has 1 fully saturated rings. The fraction of sp³-hybridized carbons (Fsp3) is 0.444. The molecule has 134 valence electrons. The Morgan fingerprint density at radius 2 is 1.84 bits per heavy atom. The number of carbonyl (C=O) groups is 4. The molecule has 7 heteroatoms. The molecule has 1 heterocycles. The molecule has 25 heavy (non-hydrogen) atoms. The zero-order valence-corrected chi connectivity index (χ0v) is 14.6. The molecule has 0 radical (unpaired) electrons. The van der Waals surface area contributed by atoms with Gasteiger partial charge in [-0.1, -0.05) is 30.3 Å². The Morgan fingerprint density at radius 1 is 1.20 bits per heavy atom. The number of rotatable bonds is 4. The van der Waals surface area contributed by atoms with Crippen LogP contribution in [0.1, 0.15) is 44.0 Å². The minimum Gasteiger partial charge on any atom is -0.444 e. The first kappa shape index (κ1) is 18.6. The Labute approximate surface area is 146 Å². The maximum absolute atomic E-state index is 12.5. The smallest absolute Gasteiger partial charge is 0.408 e. The van der Waals surface area contributed by atoms with Crippen LogP contribution < -0.4 is 5.32 Å². The second kappa shape index (κ2) is 7.46. The summed E-state index contributed by atoms with van der Waals surface area (Å²) in [6.45, 7) is 4.80.